The Morgan fingerprint density at radius 3 is 1.50 bits per heavy atom. The fraction of sp³-hybridized carbons (Fsp3) is 1.00. The minimum Gasteiger partial charge on any atom is -0.251 e. The maximum Gasteiger partial charge on any atom is 0.0950 e. The number of rotatable bonds is 4. The van der Waals surface area contributed by atoms with Crippen LogP contribution in [0.1, 0.15) is 40.0 Å². The van der Waals surface area contributed by atoms with E-state index in [0.717, 1.165) is 19.3 Å². The van der Waals surface area contributed by atoms with E-state index in [0.29, 0.717) is 0 Å². The molecule has 1 atom stereocenters. The minimum absolute atomic E-state index is 0.125. The van der Waals surface area contributed by atoms with Crippen LogP contribution in [-0.2, 0) is 11.0 Å². The number of hydrogen-bond donors (Lipinski definition) is 1. The fourth-order valence-electron chi connectivity index (χ4n) is 1.18. The number of nitrogens with two attached hydrogens (primary N) is 1. The third-order valence-corrected chi connectivity index (χ3v) is 4.08. The average molecular weight is 163 g/mol. The van der Waals surface area contributed by atoms with E-state index in [2.05, 4.69) is 0 Å². The van der Waals surface area contributed by atoms with E-state index < -0.39 is 11.0 Å². The van der Waals surface area contributed by atoms with Crippen molar-refractivity contribution in [3.63, 3.8) is 0 Å². The summed E-state index contributed by atoms with van der Waals surface area (Å²) < 4.78 is 10.9. The summed E-state index contributed by atoms with van der Waals surface area (Å²) in [5.74, 6) is 0. The molecule has 0 aliphatic rings. The topological polar surface area (TPSA) is 43.1 Å². The molecule has 0 aromatic rings. The fourth-order valence-corrected chi connectivity index (χ4v) is 2.03. The zero-order valence-corrected chi connectivity index (χ0v) is 7.83. The highest BCUT2D eigenvalue weighted by Crippen LogP contribution is 2.24. The molecule has 0 aromatic carbocycles. The minimum atomic E-state index is -1.16. The van der Waals surface area contributed by atoms with Crippen molar-refractivity contribution in [1.82, 2.24) is 0 Å². The lowest BCUT2D eigenvalue weighted by molar-refractivity contribution is 0.505. The Bertz CT molecular complexity index is 113. The van der Waals surface area contributed by atoms with Crippen LogP contribution in [0.25, 0.3) is 0 Å². The zero-order chi connectivity index (χ0) is 8.20. The van der Waals surface area contributed by atoms with E-state index in [9.17, 15) is 4.21 Å². The summed E-state index contributed by atoms with van der Waals surface area (Å²) in [5, 5.41) is 5.38. The van der Waals surface area contributed by atoms with Gasteiger partial charge in [0.05, 0.1) is 15.7 Å². The first-order valence-corrected chi connectivity index (χ1v) is 5.00. The van der Waals surface area contributed by atoms with E-state index in [4.69, 9.17) is 5.14 Å². The van der Waals surface area contributed by atoms with Crippen molar-refractivity contribution >= 4 is 11.0 Å². The van der Waals surface area contributed by atoms with Crippen molar-refractivity contribution in [2.75, 3.05) is 0 Å². The predicted octanol–water partition coefficient (Wildman–Crippen LogP) is 1.58. The molecule has 2 nitrogen and oxygen atoms in total. The highest BCUT2D eigenvalue weighted by atomic mass is 32.2. The smallest absolute Gasteiger partial charge is 0.0950 e. The van der Waals surface area contributed by atoms with Gasteiger partial charge in [0.2, 0.25) is 0 Å². The summed E-state index contributed by atoms with van der Waals surface area (Å²) in [7, 11) is -1.16. The molecule has 0 bridgehead atoms. The van der Waals surface area contributed by atoms with E-state index in [-0.39, 0.29) is 4.75 Å². The molecule has 0 aromatic heterocycles. The molecule has 0 unspecified atom stereocenters. The van der Waals surface area contributed by atoms with Gasteiger partial charge in [-0.15, -0.1) is 0 Å². The van der Waals surface area contributed by atoms with Gasteiger partial charge in [-0.2, -0.15) is 0 Å². The normalized spacial score (nSPS) is 15.2. The molecule has 0 spiro atoms. The SMILES string of the molecule is CCC(CC)(CC)[S@@](N)=O. The van der Waals surface area contributed by atoms with Crippen LogP contribution in [0.2, 0.25) is 0 Å². The standard InChI is InChI=1S/C7H17NOS/c1-4-7(5-2,6-3)10(8)9/h4-6,8H2,1-3H3/t10-/m0/s1. The van der Waals surface area contributed by atoms with Crippen LogP contribution in [-0.4, -0.2) is 8.96 Å². The largest absolute Gasteiger partial charge is 0.251 e. The summed E-state index contributed by atoms with van der Waals surface area (Å²) >= 11 is 0. The first-order chi connectivity index (χ1) is 4.63. The lowest BCUT2D eigenvalue weighted by atomic mass is 9.99. The van der Waals surface area contributed by atoms with Gasteiger partial charge in [-0.05, 0) is 19.3 Å². The summed E-state index contributed by atoms with van der Waals surface area (Å²) in [4.78, 5) is 0. The van der Waals surface area contributed by atoms with E-state index in [1.165, 1.54) is 0 Å². The summed E-state index contributed by atoms with van der Waals surface area (Å²) in [6, 6.07) is 0. The predicted molar refractivity (Wildman–Crippen MR) is 45.9 cm³/mol. The molecule has 62 valence electrons. The Labute approximate surface area is 65.8 Å². The molecule has 0 heterocycles. The van der Waals surface area contributed by atoms with Gasteiger partial charge in [-0.3, -0.25) is 5.14 Å². The Balaban J connectivity index is 4.31. The van der Waals surface area contributed by atoms with E-state index >= 15 is 0 Å². The van der Waals surface area contributed by atoms with Gasteiger partial charge in [-0.1, -0.05) is 20.8 Å². The van der Waals surface area contributed by atoms with Crippen molar-refractivity contribution in [3.05, 3.63) is 0 Å². The molecule has 10 heavy (non-hydrogen) atoms. The van der Waals surface area contributed by atoms with Crippen molar-refractivity contribution in [2.24, 2.45) is 5.14 Å². The monoisotopic (exact) mass is 163 g/mol. The van der Waals surface area contributed by atoms with Gasteiger partial charge in [0.25, 0.3) is 0 Å². The van der Waals surface area contributed by atoms with Crippen molar-refractivity contribution in [2.45, 2.75) is 44.8 Å². The highest BCUT2D eigenvalue weighted by Gasteiger charge is 2.28. The molecule has 0 saturated carbocycles. The number of hydrogen-bond acceptors (Lipinski definition) is 1. The van der Waals surface area contributed by atoms with Crippen LogP contribution in [0, 0.1) is 0 Å². The van der Waals surface area contributed by atoms with Gasteiger partial charge in [0.1, 0.15) is 0 Å². The maximum absolute atomic E-state index is 11.0. The Hall–Kier alpha value is 0.110. The second kappa shape index (κ2) is 4.09. The Morgan fingerprint density at radius 2 is 1.50 bits per heavy atom. The van der Waals surface area contributed by atoms with Gasteiger partial charge < -0.3 is 0 Å². The van der Waals surface area contributed by atoms with Crippen LogP contribution >= 0.6 is 0 Å². The molecule has 0 aliphatic carbocycles. The van der Waals surface area contributed by atoms with Crippen molar-refractivity contribution < 1.29 is 4.21 Å². The summed E-state index contributed by atoms with van der Waals surface area (Å²) in [6.45, 7) is 6.12. The molecule has 0 saturated heterocycles. The van der Waals surface area contributed by atoms with Crippen molar-refractivity contribution in [3.8, 4) is 0 Å². The zero-order valence-electron chi connectivity index (χ0n) is 7.02. The molecular formula is C7H17NOS. The quantitative estimate of drug-likeness (QED) is 0.671. The third kappa shape index (κ3) is 1.80. The highest BCUT2D eigenvalue weighted by molar-refractivity contribution is 7.84. The van der Waals surface area contributed by atoms with Crippen LogP contribution in [0.15, 0.2) is 0 Å². The van der Waals surface area contributed by atoms with Crippen LogP contribution < -0.4 is 5.14 Å². The average Bonchev–Trinajstić information content (AvgIpc) is 1.92. The Kier molecular flexibility index (Phi) is 4.13. The van der Waals surface area contributed by atoms with Gasteiger partial charge in [-0.25, -0.2) is 4.21 Å². The first-order valence-electron chi connectivity index (χ1n) is 3.79. The summed E-state index contributed by atoms with van der Waals surface area (Å²) in [5.41, 5.74) is 0. The molecule has 0 amide bonds. The third-order valence-electron chi connectivity index (χ3n) is 2.36. The van der Waals surface area contributed by atoms with E-state index in [1.54, 1.807) is 0 Å². The molecule has 3 heteroatoms. The Morgan fingerprint density at radius 1 is 1.20 bits per heavy atom. The first kappa shape index (κ1) is 10.1. The van der Waals surface area contributed by atoms with Crippen LogP contribution in [0.3, 0.4) is 0 Å². The molecule has 0 radical (unpaired) electrons. The van der Waals surface area contributed by atoms with Crippen molar-refractivity contribution in [1.29, 1.82) is 0 Å². The molecule has 0 rings (SSSR count). The molecule has 0 aliphatic heterocycles. The van der Waals surface area contributed by atoms with Gasteiger partial charge >= 0.3 is 0 Å². The van der Waals surface area contributed by atoms with E-state index in [1.807, 2.05) is 20.8 Å². The molecule has 2 N–H and O–H groups in total. The lowest BCUT2D eigenvalue weighted by Gasteiger charge is -2.26. The van der Waals surface area contributed by atoms with Gasteiger partial charge in [0, 0.05) is 0 Å². The summed E-state index contributed by atoms with van der Waals surface area (Å²) in [6.07, 6.45) is 2.72. The van der Waals surface area contributed by atoms with Gasteiger partial charge in [0.15, 0.2) is 0 Å². The maximum atomic E-state index is 11.0. The molecule has 0 fully saturated rings. The second-order valence-corrected chi connectivity index (χ2v) is 4.00. The second-order valence-electron chi connectivity index (χ2n) is 2.54. The van der Waals surface area contributed by atoms with Crippen LogP contribution in [0.4, 0.5) is 0 Å². The molecular weight excluding hydrogens is 146 g/mol. The van der Waals surface area contributed by atoms with Crippen LogP contribution in [0.5, 0.6) is 0 Å². The lowest BCUT2D eigenvalue weighted by Crippen LogP contribution is -2.36.